The van der Waals surface area contributed by atoms with Crippen molar-refractivity contribution in [1.82, 2.24) is 20.4 Å². The number of fused-ring (bicyclic) bond motifs is 1. The van der Waals surface area contributed by atoms with Crippen molar-refractivity contribution >= 4 is 16.6 Å². The van der Waals surface area contributed by atoms with E-state index >= 15 is 0 Å². The van der Waals surface area contributed by atoms with Gasteiger partial charge in [-0.1, -0.05) is 24.3 Å². The molecule has 5 heteroatoms. The van der Waals surface area contributed by atoms with Crippen molar-refractivity contribution in [3.05, 3.63) is 47.9 Å². The molecule has 0 spiro atoms. The van der Waals surface area contributed by atoms with Gasteiger partial charge in [-0.15, -0.1) is 5.10 Å². The van der Waals surface area contributed by atoms with Crippen LogP contribution in [-0.2, 0) is 6.54 Å². The molecule has 0 bridgehead atoms. The number of nitrogens with zero attached hydrogens (tertiary/aromatic N) is 3. The minimum absolute atomic E-state index is 0.654. The van der Waals surface area contributed by atoms with E-state index in [-0.39, 0.29) is 0 Å². The first-order valence-corrected chi connectivity index (χ1v) is 5.79. The third-order valence-corrected chi connectivity index (χ3v) is 2.88. The maximum atomic E-state index is 4.21. The Kier molecular flexibility index (Phi) is 2.64. The van der Waals surface area contributed by atoms with Gasteiger partial charge in [-0.2, -0.15) is 10.2 Å². The zero-order chi connectivity index (χ0) is 12.4. The largest absolute Gasteiger partial charge is 0.362 e. The van der Waals surface area contributed by atoms with E-state index in [0.29, 0.717) is 6.54 Å². The van der Waals surface area contributed by atoms with Gasteiger partial charge in [0.05, 0.1) is 17.9 Å². The van der Waals surface area contributed by atoms with Crippen molar-refractivity contribution in [2.24, 2.45) is 0 Å². The van der Waals surface area contributed by atoms with Gasteiger partial charge in [0.2, 0.25) is 0 Å². The lowest BCUT2D eigenvalue weighted by Crippen LogP contribution is -2.04. The molecule has 0 aliphatic carbocycles. The van der Waals surface area contributed by atoms with Crippen LogP contribution in [0.3, 0.4) is 0 Å². The van der Waals surface area contributed by atoms with E-state index in [2.05, 4.69) is 31.8 Å². The van der Waals surface area contributed by atoms with E-state index in [9.17, 15) is 0 Å². The number of hydrogen-bond acceptors (Lipinski definition) is 4. The zero-order valence-corrected chi connectivity index (χ0v) is 10.0. The third-order valence-electron chi connectivity index (χ3n) is 2.88. The van der Waals surface area contributed by atoms with Crippen molar-refractivity contribution < 1.29 is 0 Å². The van der Waals surface area contributed by atoms with Gasteiger partial charge >= 0.3 is 0 Å². The van der Waals surface area contributed by atoms with E-state index in [1.54, 1.807) is 6.20 Å². The number of anilines is 1. The minimum Gasteiger partial charge on any atom is -0.362 e. The van der Waals surface area contributed by atoms with Crippen LogP contribution in [0.4, 0.5) is 5.82 Å². The summed E-state index contributed by atoms with van der Waals surface area (Å²) < 4.78 is 0. The smallest absolute Gasteiger partial charge is 0.156 e. The van der Waals surface area contributed by atoms with Crippen molar-refractivity contribution in [1.29, 1.82) is 0 Å². The number of aryl methyl sites for hydroxylation is 1. The topological polar surface area (TPSA) is 66.5 Å². The second-order valence-corrected chi connectivity index (χ2v) is 4.12. The summed E-state index contributed by atoms with van der Waals surface area (Å²) in [5.41, 5.74) is 1.96. The van der Waals surface area contributed by atoms with Crippen LogP contribution in [0, 0.1) is 6.92 Å². The highest BCUT2D eigenvalue weighted by Crippen LogP contribution is 2.22. The molecule has 0 saturated carbocycles. The van der Waals surface area contributed by atoms with Gasteiger partial charge in [0.25, 0.3) is 0 Å². The van der Waals surface area contributed by atoms with Crippen LogP contribution in [-0.4, -0.2) is 20.4 Å². The molecular formula is C13H13N5. The summed E-state index contributed by atoms with van der Waals surface area (Å²) in [4.78, 5) is 0. The van der Waals surface area contributed by atoms with E-state index in [0.717, 1.165) is 28.0 Å². The first-order valence-electron chi connectivity index (χ1n) is 5.79. The maximum Gasteiger partial charge on any atom is 0.156 e. The first kappa shape index (κ1) is 10.7. The molecule has 2 aromatic heterocycles. The molecule has 3 rings (SSSR count). The SMILES string of the molecule is Cc1nnc(NCc2ccn[nH]2)c2ccccc12. The Morgan fingerprint density at radius 3 is 2.72 bits per heavy atom. The highest BCUT2D eigenvalue weighted by Gasteiger charge is 2.05. The normalized spacial score (nSPS) is 10.7. The van der Waals surface area contributed by atoms with E-state index in [1.165, 1.54) is 0 Å². The second-order valence-electron chi connectivity index (χ2n) is 4.12. The van der Waals surface area contributed by atoms with Crippen LogP contribution in [0.2, 0.25) is 0 Å². The number of nitrogens with one attached hydrogen (secondary N) is 2. The second kappa shape index (κ2) is 4.44. The third kappa shape index (κ3) is 1.90. The quantitative estimate of drug-likeness (QED) is 0.735. The lowest BCUT2D eigenvalue weighted by Gasteiger charge is -2.08. The van der Waals surface area contributed by atoms with Gasteiger partial charge in [0.1, 0.15) is 0 Å². The summed E-state index contributed by atoms with van der Waals surface area (Å²) in [6.45, 7) is 2.62. The highest BCUT2D eigenvalue weighted by atomic mass is 15.2. The predicted molar refractivity (Wildman–Crippen MR) is 70.2 cm³/mol. The predicted octanol–water partition coefficient (Wildman–Crippen LogP) is 2.27. The monoisotopic (exact) mass is 239 g/mol. The van der Waals surface area contributed by atoms with Gasteiger partial charge in [-0.3, -0.25) is 5.10 Å². The van der Waals surface area contributed by atoms with Crippen LogP contribution in [0.25, 0.3) is 10.8 Å². The summed E-state index contributed by atoms with van der Waals surface area (Å²) >= 11 is 0. The van der Waals surface area contributed by atoms with E-state index in [1.807, 2.05) is 31.2 Å². The summed E-state index contributed by atoms with van der Waals surface area (Å²) in [6, 6.07) is 10.0. The molecule has 0 saturated heterocycles. The molecule has 1 aromatic carbocycles. The van der Waals surface area contributed by atoms with Crippen molar-refractivity contribution in [3.63, 3.8) is 0 Å². The summed E-state index contributed by atoms with van der Waals surface area (Å²) in [6.07, 6.45) is 1.73. The number of rotatable bonds is 3. The van der Waals surface area contributed by atoms with Gasteiger partial charge in [0.15, 0.2) is 5.82 Å². The fourth-order valence-corrected chi connectivity index (χ4v) is 1.93. The standard InChI is InChI=1S/C13H13N5/c1-9-11-4-2-3-5-12(11)13(18-16-9)14-8-10-6-7-15-17-10/h2-7H,8H2,1H3,(H,14,18)(H,15,17). The maximum absolute atomic E-state index is 4.21. The van der Waals surface area contributed by atoms with Crippen molar-refractivity contribution in [3.8, 4) is 0 Å². The number of H-pyrrole nitrogens is 1. The molecule has 18 heavy (non-hydrogen) atoms. The van der Waals surface area contributed by atoms with Crippen LogP contribution in [0.5, 0.6) is 0 Å². The van der Waals surface area contributed by atoms with Crippen LogP contribution in [0.1, 0.15) is 11.4 Å². The van der Waals surface area contributed by atoms with Gasteiger partial charge < -0.3 is 5.32 Å². The summed E-state index contributed by atoms with van der Waals surface area (Å²) in [5.74, 6) is 0.797. The van der Waals surface area contributed by atoms with Crippen molar-refractivity contribution in [2.45, 2.75) is 13.5 Å². The van der Waals surface area contributed by atoms with Crippen molar-refractivity contribution in [2.75, 3.05) is 5.32 Å². The number of aromatic amines is 1. The molecule has 0 atom stereocenters. The van der Waals surface area contributed by atoms with Crippen LogP contribution < -0.4 is 5.32 Å². The number of benzene rings is 1. The summed E-state index contributed by atoms with van der Waals surface area (Å²) in [5, 5.41) is 20.7. The Labute approximate surface area is 104 Å². The average molecular weight is 239 g/mol. The lowest BCUT2D eigenvalue weighted by atomic mass is 10.1. The van der Waals surface area contributed by atoms with E-state index < -0.39 is 0 Å². The first-order chi connectivity index (χ1) is 8.84. The molecule has 0 aliphatic rings. The minimum atomic E-state index is 0.654. The molecular weight excluding hydrogens is 226 g/mol. The fraction of sp³-hybridized carbons (Fsp3) is 0.154. The van der Waals surface area contributed by atoms with Gasteiger partial charge in [-0.25, -0.2) is 0 Å². The summed E-state index contributed by atoms with van der Waals surface area (Å²) in [7, 11) is 0. The molecule has 0 aliphatic heterocycles. The Morgan fingerprint density at radius 2 is 1.94 bits per heavy atom. The molecule has 2 N–H and O–H groups in total. The Hall–Kier alpha value is -2.43. The van der Waals surface area contributed by atoms with Crippen LogP contribution >= 0.6 is 0 Å². The molecule has 0 amide bonds. The number of aromatic nitrogens is 4. The fourth-order valence-electron chi connectivity index (χ4n) is 1.93. The lowest BCUT2D eigenvalue weighted by molar-refractivity contribution is 0.949. The molecule has 0 unspecified atom stereocenters. The molecule has 5 nitrogen and oxygen atoms in total. The zero-order valence-electron chi connectivity index (χ0n) is 10.0. The van der Waals surface area contributed by atoms with Gasteiger partial charge in [-0.05, 0) is 13.0 Å². The average Bonchev–Trinajstić information content (AvgIpc) is 2.92. The molecule has 0 radical (unpaired) electrons. The van der Waals surface area contributed by atoms with Gasteiger partial charge in [0, 0.05) is 17.0 Å². The van der Waals surface area contributed by atoms with E-state index in [4.69, 9.17) is 0 Å². The van der Waals surface area contributed by atoms with Crippen LogP contribution in [0.15, 0.2) is 36.5 Å². The molecule has 90 valence electrons. The number of hydrogen-bond donors (Lipinski definition) is 2. The molecule has 0 fully saturated rings. The Morgan fingerprint density at radius 1 is 1.11 bits per heavy atom. The molecule has 3 aromatic rings. The molecule has 2 heterocycles. The Bertz CT molecular complexity index is 660. The highest BCUT2D eigenvalue weighted by molar-refractivity contribution is 5.92. The Balaban J connectivity index is 1.94.